The average Bonchev–Trinajstić information content (AvgIpc) is 2.35. The Morgan fingerprint density at radius 3 is 2.83 bits per heavy atom. The lowest BCUT2D eigenvalue weighted by molar-refractivity contribution is -0.126. The van der Waals surface area contributed by atoms with E-state index in [9.17, 15) is 4.79 Å². The van der Waals surface area contributed by atoms with E-state index in [0.29, 0.717) is 5.92 Å². The third-order valence-electron chi connectivity index (χ3n) is 3.52. The molecule has 0 saturated carbocycles. The van der Waals surface area contributed by atoms with Crippen LogP contribution in [0.15, 0.2) is 0 Å². The van der Waals surface area contributed by atoms with Gasteiger partial charge in [0.05, 0.1) is 6.04 Å². The minimum absolute atomic E-state index is 0. The van der Waals surface area contributed by atoms with Crippen LogP contribution in [0.1, 0.15) is 33.1 Å². The van der Waals surface area contributed by atoms with Gasteiger partial charge >= 0.3 is 0 Å². The predicted molar refractivity (Wildman–Crippen MR) is 78.2 cm³/mol. The van der Waals surface area contributed by atoms with Gasteiger partial charge in [-0.1, -0.05) is 6.92 Å². The summed E-state index contributed by atoms with van der Waals surface area (Å²) in [5, 5.41) is 6.21. The Morgan fingerprint density at radius 2 is 2.22 bits per heavy atom. The number of hydrogen-bond acceptors (Lipinski definition) is 3. The van der Waals surface area contributed by atoms with Gasteiger partial charge in [-0.15, -0.1) is 12.4 Å². The number of likely N-dealkylation sites (tertiary alicyclic amines) is 1. The van der Waals surface area contributed by atoms with E-state index < -0.39 is 0 Å². The molecule has 0 aromatic rings. The van der Waals surface area contributed by atoms with Crippen molar-refractivity contribution in [2.24, 2.45) is 5.92 Å². The first-order valence-electron chi connectivity index (χ1n) is 6.85. The Bertz CT molecular complexity index is 236. The highest BCUT2D eigenvalue weighted by Gasteiger charge is 2.26. The Labute approximate surface area is 117 Å². The second-order valence-corrected chi connectivity index (χ2v) is 5.03. The molecule has 2 atom stereocenters. The van der Waals surface area contributed by atoms with Crippen molar-refractivity contribution in [3.8, 4) is 0 Å². The zero-order chi connectivity index (χ0) is 12.7. The molecular weight excluding hydrogens is 250 g/mol. The summed E-state index contributed by atoms with van der Waals surface area (Å²) in [4.78, 5) is 14.2. The highest BCUT2D eigenvalue weighted by atomic mass is 35.5. The molecule has 0 aliphatic carbocycles. The fourth-order valence-corrected chi connectivity index (χ4v) is 2.47. The largest absolute Gasteiger partial charge is 0.355 e. The molecule has 108 valence electrons. The summed E-state index contributed by atoms with van der Waals surface area (Å²) in [5.74, 6) is 0.868. The van der Waals surface area contributed by atoms with Gasteiger partial charge in [-0.25, -0.2) is 0 Å². The quantitative estimate of drug-likeness (QED) is 0.768. The molecule has 0 bridgehead atoms. The fourth-order valence-electron chi connectivity index (χ4n) is 2.47. The molecule has 4 nitrogen and oxygen atoms in total. The highest BCUT2D eigenvalue weighted by molar-refractivity contribution is 5.85. The Hall–Kier alpha value is -0.320. The van der Waals surface area contributed by atoms with Crippen molar-refractivity contribution in [3.63, 3.8) is 0 Å². The molecule has 0 aromatic carbocycles. The maximum atomic E-state index is 11.9. The Balaban J connectivity index is 0.00000289. The van der Waals surface area contributed by atoms with Crippen molar-refractivity contribution in [2.75, 3.05) is 33.2 Å². The first kappa shape index (κ1) is 17.7. The van der Waals surface area contributed by atoms with Crippen molar-refractivity contribution >= 4 is 18.3 Å². The maximum absolute atomic E-state index is 11.9. The second kappa shape index (κ2) is 9.59. The number of hydrogen-bond donors (Lipinski definition) is 2. The van der Waals surface area contributed by atoms with E-state index in [0.717, 1.165) is 32.6 Å². The van der Waals surface area contributed by atoms with Gasteiger partial charge < -0.3 is 10.6 Å². The molecule has 0 radical (unpaired) electrons. The van der Waals surface area contributed by atoms with Crippen LogP contribution in [-0.2, 0) is 4.79 Å². The lowest BCUT2D eigenvalue weighted by Crippen LogP contribution is -2.50. The van der Waals surface area contributed by atoms with Gasteiger partial charge in [0.15, 0.2) is 0 Å². The van der Waals surface area contributed by atoms with Crippen LogP contribution in [0.5, 0.6) is 0 Å². The zero-order valence-corrected chi connectivity index (χ0v) is 12.7. The molecule has 18 heavy (non-hydrogen) atoms. The van der Waals surface area contributed by atoms with E-state index >= 15 is 0 Å². The van der Waals surface area contributed by atoms with E-state index in [1.54, 1.807) is 0 Å². The smallest absolute Gasteiger partial charge is 0.237 e. The van der Waals surface area contributed by atoms with Gasteiger partial charge in [-0.05, 0) is 52.2 Å². The maximum Gasteiger partial charge on any atom is 0.237 e. The molecule has 5 heteroatoms. The molecule has 1 rings (SSSR count). The summed E-state index contributed by atoms with van der Waals surface area (Å²) in [5.41, 5.74) is 0. The van der Waals surface area contributed by atoms with Crippen LogP contribution in [0.2, 0.25) is 0 Å². The molecule has 1 fully saturated rings. The first-order chi connectivity index (χ1) is 8.19. The SMILES string of the molecule is CCCNC(=O)C(C)N1CCCC(CNC)C1.Cl. The van der Waals surface area contributed by atoms with E-state index in [2.05, 4.69) is 22.5 Å². The number of nitrogens with zero attached hydrogens (tertiary/aromatic N) is 1. The zero-order valence-electron chi connectivity index (χ0n) is 11.9. The third kappa shape index (κ3) is 5.55. The average molecular weight is 278 g/mol. The number of amides is 1. The molecule has 2 N–H and O–H groups in total. The molecule has 1 saturated heterocycles. The molecule has 0 spiro atoms. The van der Waals surface area contributed by atoms with Gasteiger partial charge in [-0.2, -0.15) is 0 Å². The summed E-state index contributed by atoms with van der Waals surface area (Å²) in [6.45, 7) is 8.04. The van der Waals surface area contributed by atoms with Crippen LogP contribution in [0, 0.1) is 5.92 Å². The number of piperidine rings is 1. The summed E-state index contributed by atoms with van der Waals surface area (Å²) in [6.07, 6.45) is 3.49. The topological polar surface area (TPSA) is 44.4 Å². The Kier molecular flexibility index (Phi) is 9.42. The van der Waals surface area contributed by atoms with Crippen LogP contribution < -0.4 is 10.6 Å². The number of rotatable bonds is 6. The molecular formula is C13H28ClN3O. The molecule has 2 unspecified atom stereocenters. The molecule has 1 amide bonds. The summed E-state index contributed by atoms with van der Waals surface area (Å²) >= 11 is 0. The summed E-state index contributed by atoms with van der Waals surface area (Å²) < 4.78 is 0. The van der Waals surface area contributed by atoms with Crippen molar-refractivity contribution in [2.45, 2.75) is 39.2 Å². The molecule has 1 heterocycles. The van der Waals surface area contributed by atoms with Gasteiger partial charge in [0.2, 0.25) is 5.91 Å². The number of carbonyl (C=O) groups is 1. The summed E-state index contributed by atoms with van der Waals surface area (Å²) in [7, 11) is 2.00. The Morgan fingerprint density at radius 1 is 1.50 bits per heavy atom. The number of carbonyl (C=O) groups excluding carboxylic acids is 1. The second-order valence-electron chi connectivity index (χ2n) is 5.03. The number of nitrogens with one attached hydrogen (secondary N) is 2. The van der Waals surface area contributed by atoms with Crippen molar-refractivity contribution in [1.29, 1.82) is 0 Å². The predicted octanol–water partition coefficient (Wildman–Crippen LogP) is 1.25. The van der Waals surface area contributed by atoms with Crippen molar-refractivity contribution < 1.29 is 4.79 Å². The van der Waals surface area contributed by atoms with Crippen LogP contribution >= 0.6 is 12.4 Å². The third-order valence-corrected chi connectivity index (χ3v) is 3.52. The minimum atomic E-state index is 0. The van der Waals surface area contributed by atoms with Gasteiger partial charge in [0.1, 0.15) is 0 Å². The fraction of sp³-hybridized carbons (Fsp3) is 0.923. The lowest BCUT2D eigenvalue weighted by atomic mass is 9.96. The van der Waals surface area contributed by atoms with E-state index in [1.165, 1.54) is 12.8 Å². The molecule has 1 aliphatic heterocycles. The van der Waals surface area contributed by atoms with Crippen LogP contribution in [0.3, 0.4) is 0 Å². The van der Waals surface area contributed by atoms with Crippen molar-refractivity contribution in [1.82, 2.24) is 15.5 Å². The standard InChI is InChI=1S/C13H27N3O.ClH/c1-4-7-15-13(17)11(2)16-8-5-6-12(10-16)9-14-3;/h11-12,14H,4-10H2,1-3H3,(H,15,17);1H. The van der Waals surface area contributed by atoms with Crippen LogP contribution in [0.4, 0.5) is 0 Å². The van der Waals surface area contributed by atoms with Crippen LogP contribution in [-0.4, -0.2) is 50.1 Å². The summed E-state index contributed by atoms with van der Waals surface area (Å²) in [6, 6.07) is 0.0150. The van der Waals surface area contributed by atoms with E-state index in [1.807, 2.05) is 14.0 Å². The van der Waals surface area contributed by atoms with Gasteiger partial charge in [-0.3, -0.25) is 9.69 Å². The van der Waals surface area contributed by atoms with Crippen molar-refractivity contribution in [3.05, 3.63) is 0 Å². The molecule has 1 aliphatic rings. The van der Waals surface area contributed by atoms with Gasteiger partial charge in [0.25, 0.3) is 0 Å². The monoisotopic (exact) mass is 277 g/mol. The molecule has 0 aromatic heterocycles. The highest BCUT2D eigenvalue weighted by Crippen LogP contribution is 2.17. The number of halogens is 1. The van der Waals surface area contributed by atoms with E-state index in [-0.39, 0.29) is 24.4 Å². The van der Waals surface area contributed by atoms with Gasteiger partial charge in [0, 0.05) is 13.1 Å². The normalized spacial score (nSPS) is 22.1. The lowest BCUT2D eigenvalue weighted by Gasteiger charge is -2.36. The van der Waals surface area contributed by atoms with Crippen LogP contribution in [0.25, 0.3) is 0 Å². The minimum Gasteiger partial charge on any atom is -0.355 e. The first-order valence-corrected chi connectivity index (χ1v) is 6.85. The van der Waals surface area contributed by atoms with E-state index in [4.69, 9.17) is 0 Å².